The molecular weight excluding hydrogens is 256 g/mol. The summed E-state index contributed by atoms with van der Waals surface area (Å²) in [6.07, 6.45) is 3.56. The van der Waals surface area contributed by atoms with Crippen LogP contribution in [0.2, 0.25) is 0 Å². The average molecular weight is 278 g/mol. The van der Waals surface area contributed by atoms with Crippen LogP contribution < -0.4 is 4.74 Å². The summed E-state index contributed by atoms with van der Waals surface area (Å²) in [6.45, 7) is 5.09. The quantitative estimate of drug-likeness (QED) is 0.821. The fourth-order valence-corrected chi connectivity index (χ4v) is 4.44. The molecule has 1 aromatic rings. The molecule has 0 aliphatic carbocycles. The number of benzene rings is 1. The van der Waals surface area contributed by atoms with E-state index in [-0.39, 0.29) is 5.60 Å². The Morgan fingerprint density at radius 3 is 3.00 bits per heavy atom. The molecule has 0 radical (unpaired) electrons. The van der Waals surface area contributed by atoms with Crippen LogP contribution in [0.15, 0.2) is 18.2 Å². The molecule has 19 heavy (non-hydrogen) atoms. The summed E-state index contributed by atoms with van der Waals surface area (Å²) in [4.78, 5) is 0. The van der Waals surface area contributed by atoms with Gasteiger partial charge in [-0.15, -0.1) is 0 Å². The largest absolute Gasteiger partial charge is 0.490 e. The summed E-state index contributed by atoms with van der Waals surface area (Å²) >= 11 is 2.01. The highest BCUT2D eigenvalue weighted by Crippen LogP contribution is 2.39. The van der Waals surface area contributed by atoms with Crippen LogP contribution in [-0.2, 0) is 4.74 Å². The Bertz CT molecular complexity index is 452. The number of aryl methyl sites for hydroxylation is 2. The van der Waals surface area contributed by atoms with E-state index in [0.717, 1.165) is 31.0 Å². The van der Waals surface area contributed by atoms with Crippen LogP contribution in [0.25, 0.3) is 0 Å². The summed E-state index contributed by atoms with van der Waals surface area (Å²) < 4.78 is 12.3. The van der Waals surface area contributed by atoms with Crippen molar-refractivity contribution in [2.45, 2.75) is 44.8 Å². The van der Waals surface area contributed by atoms with E-state index < -0.39 is 0 Å². The summed E-state index contributed by atoms with van der Waals surface area (Å²) in [5.74, 6) is 3.41. The van der Waals surface area contributed by atoms with Crippen LogP contribution in [0, 0.1) is 13.8 Å². The van der Waals surface area contributed by atoms with Gasteiger partial charge in [0.1, 0.15) is 11.9 Å². The molecule has 1 aromatic carbocycles. The van der Waals surface area contributed by atoms with Crippen molar-refractivity contribution in [3.8, 4) is 5.75 Å². The first kappa shape index (κ1) is 13.3. The van der Waals surface area contributed by atoms with Gasteiger partial charge in [0.05, 0.1) is 12.2 Å². The number of thioether (sulfide) groups is 1. The topological polar surface area (TPSA) is 18.5 Å². The molecule has 0 N–H and O–H groups in total. The van der Waals surface area contributed by atoms with Gasteiger partial charge in [0.15, 0.2) is 0 Å². The smallest absolute Gasteiger partial charge is 0.122 e. The molecule has 2 atom stereocenters. The van der Waals surface area contributed by atoms with Gasteiger partial charge < -0.3 is 9.47 Å². The van der Waals surface area contributed by atoms with E-state index >= 15 is 0 Å². The van der Waals surface area contributed by atoms with E-state index in [1.807, 2.05) is 11.8 Å². The molecule has 0 bridgehead atoms. The lowest BCUT2D eigenvalue weighted by molar-refractivity contribution is -0.0959. The van der Waals surface area contributed by atoms with Crippen molar-refractivity contribution in [3.63, 3.8) is 0 Å². The SMILES string of the molecule is Cc1ccc(OC2CCOC3(CCSC3)C2)c(C)c1. The molecule has 0 saturated carbocycles. The first-order chi connectivity index (χ1) is 9.17. The van der Waals surface area contributed by atoms with Crippen LogP contribution in [0.5, 0.6) is 5.75 Å². The average Bonchev–Trinajstić information content (AvgIpc) is 2.81. The normalized spacial score (nSPS) is 30.7. The highest BCUT2D eigenvalue weighted by molar-refractivity contribution is 7.99. The number of hydrogen-bond donors (Lipinski definition) is 0. The molecule has 1 spiro atoms. The summed E-state index contributed by atoms with van der Waals surface area (Å²) in [5.41, 5.74) is 2.63. The summed E-state index contributed by atoms with van der Waals surface area (Å²) in [7, 11) is 0. The Hall–Kier alpha value is -0.670. The molecule has 0 amide bonds. The van der Waals surface area contributed by atoms with Gasteiger partial charge in [-0.25, -0.2) is 0 Å². The fraction of sp³-hybridized carbons (Fsp3) is 0.625. The third-order valence-corrected chi connectivity index (χ3v) is 5.36. The van der Waals surface area contributed by atoms with Gasteiger partial charge in [-0.1, -0.05) is 17.7 Å². The Morgan fingerprint density at radius 1 is 1.37 bits per heavy atom. The molecule has 2 aliphatic rings. The highest BCUT2D eigenvalue weighted by Gasteiger charge is 2.41. The van der Waals surface area contributed by atoms with Gasteiger partial charge in [-0.05, 0) is 37.7 Å². The van der Waals surface area contributed by atoms with Crippen molar-refractivity contribution in [1.29, 1.82) is 0 Å². The van der Waals surface area contributed by atoms with E-state index in [4.69, 9.17) is 9.47 Å². The summed E-state index contributed by atoms with van der Waals surface area (Å²) in [5, 5.41) is 0. The van der Waals surface area contributed by atoms with Gasteiger partial charge in [-0.3, -0.25) is 0 Å². The van der Waals surface area contributed by atoms with Crippen LogP contribution >= 0.6 is 11.8 Å². The maximum atomic E-state index is 6.24. The van der Waals surface area contributed by atoms with Crippen molar-refractivity contribution in [1.82, 2.24) is 0 Å². The molecule has 2 fully saturated rings. The Balaban J connectivity index is 1.69. The molecule has 2 unspecified atom stereocenters. The van der Waals surface area contributed by atoms with E-state index in [1.165, 1.54) is 23.3 Å². The second kappa shape index (κ2) is 5.37. The minimum Gasteiger partial charge on any atom is -0.490 e. The van der Waals surface area contributed by atoms with Crippen molar-refractivity contribution in [2.24, 2.45) is 0 Å². The highest BCUT2D eigenvalue weighted by atomic mass is 32.2. The lowest BCUT2D eigenvalue weighted by Crippen LogP contribution is -2.43. The number of rotatable bonds is 2. The van der Waals surface area contributed by atoms with Crippen LogP contribution in [-0.4, -0.2) is 29.8 Å². The Labute approximate surface area is 119 Å². The van der Waals surface area contributed by atoms with E-state index in [0.29, 0.717) is 6.10 Å². The maximum Gasteiger partial charge on any atom is 0.122 e. The number of hydrogen-bond acceptors (Lipinski definition) is 3. The third-order valence-electron chi connectivity index (χ3n) is 4.14. The minimum absolute atomic E-state index is 0.103. The van der Waals surface area contributed by atoms with Gasteiger partial charge in [-0.2, -0.15) is 11.8 Å². The summed E-state index contributed by atoms with van der Waals surface area (Å²) in [6, 6.07) is 6.43. The lowest BCUT2D eigenvalue weighted by Gasteiger charge is -2.37. The van der Waals surface area contributed by atoms with Gasteiger partial charge in [0, 0.05) is 18.6 Å². The maximum absolute atomic E-state index is 6.24. The van der Waals surface area contributed by atoms with Gasteiger partial charge in [0.2, 0.25) is 0 Å². The van der Waals surface area contributed by atoms with Crippen molar-refractivity contribution in [2.75, 3.05) is 18.1 Å². The Kier molecular flexibility index (Phi) is 3.77. The second-order valence-electron chi connectivity index (χ2n) is 5.84. The fourth-order valence-electron chi connectivity index (χ4n) is 3.06. The Morgan fingerprint density at radius 2 is 2.26 bits per heavy atom. The molecule has 3 rings (SSSR count). The second-order valence-corrected chi connectivity index (χ2v) is 6.94. The molecule has 104 valence electrons. The van der Waals surface area contributed by atoms with E-state index in [2.05, 4.69) is 32.0 Å². The number of ether oxygens (including phenoxy) is 2. The van der Waals surface area contributed by atoms with Gasteiger partial charge in [0.25, 0.3) is 0 Å². The molecule has 2 aliphatic heterocycles. The van der Waals surface area contributed by atoms with Crippen LogP contribution in [0.1, 0.15) is 30.4 Å². The van der Waals surface area contributed by atoms with Crippen molar-refractivity contribution >= 4 is 11.8 Å². The predicted octanol–water partition coefficient (Wildman–Crippen LogP) is 3.74. The first-order valence-electron chi connectivity index (χ1n) is 7.13. The monoisotopic (exact) mass is 278 g/mol. The van der Waals surface area contributed by atoms with Gasteiger partial charge >= 0.3 is 0 Å². The molecule has 2 nitrogen and oxygen atoms in total. The predicted molar refractivity (Wildman–Crippen MR) is 80.2 cm³/mol. The zero-order chi connectivity index (χ0) is 13.3. The zero-order valence-electron chi connectivity index (χ0n) is 11.8. The van der Waals surface area contributed by atoms with Crippen molar-refractivity contribution < 1.29 is 9.47 Å². The molecule has 3 heteroatoms. The van der Waals surface area contributed by atoms with Crippen LogP contribution in [0.3, 0.4) is 0 Å². The first-order valence-corrected chi connectivity index (χ1v) is 8.28. The lowest BCUT2D eigenvalue weighted by atomic mass is 9.91. The van der Waals surface area contributed by atoms with E-state index in [1.54, 1.807) is 0 Å². The van der Waals surface area contributed by atoms with Crippen molar-refractivity contribution in [3.05, 3.63) is 29.3 Å². The third kappa shape index (κ3) is 2.92. The molecule has 0 aromatic heterocycles. The molecule has 2 saturated heterocycles. The standard InChI is InChI=1S/C16H22O2S/c1-12-3-4-15(13(2)9-12)18-14-5-7-17-16(10-14)6-8-19-11-16/h3-4,9,14H,5-8,10-11H2,1-2H3. The zero-order valence-corrected chi connectivity index (χ0v) is 12.6. The van der Waals surface area contributed by atoms with E-state index in [9.17, 15) is 0 Å². The molecule has 2 heterocycles. The molecular formula is C16H22O2S. The van der Waals surface area contributed by atoms with Crippen LogP contribution in [0.4, 0.5) is 0 Å². The minimum atomic E-state index is 0.103.